The molecule has 1 rings (SSSR count). The van der Waals surface area contributed by atoms with E-state index in [9.17, 15) is 0 Å². The Hall–Kier alpha value is -0.530. The van der Waals surface area contributed by atoms with Gasteiger partial charge in [-0.15, -0.1) is 0 Å². The van der Waals surface area contributed by atoms with Crippen LogP contribution in [0.15, 0.2) is 30.3 Å². The van der Waals surface area contributed by atoms with Gasteiger partial charge in [0.25, 0.3) is 0 Å². The van der Waals surface area contributed by atoms with Crippen molar-refractivity contribution < 1.29 is 16.9 Å². The minimum absolute atomic E-state index is 0. The molecule has 1 nitrogen and oxygen atoms in total. The Labute approximate surface area is 291 Å². The molecular weight excluding hydrogens is 566 g/mol. The third kappa shape index (κ3) is 28.2. The molecule has 0 amide bonds. The molecule has 0 saturated heterocycles. The molecule has 0 atom stereocenters. The Bertz CT molecular complexity index is 654. The fraction of sp³-hybridized carbons (Fsp3) is 0.860. The van der Waals surface area contributed by atoms with E-state index in [1.807, 2.05) is 0 Å². The van der Waals surface area contributed by atoms with Crippen molar-refractivity contribution in [1.82, 2.24) is 0 Å². The summed E-state index contributed by atoms with van der Waals surface area (Å²) in [5.41, 5.74) is 1.57. The Balaban J connectivity index is 0.0000194. The van der Waals surface area contributed by atoms with Crippen molar-refractivity contribution >= 4 is 0 Å². The van der Waals surface area contributed by atoms with Crippen LogP contribution in [-0.2, 0) is 6.54 Å². The lowest BCUT2D eigenvalue weighted by Gasteiger charge is -2.39. The molecule has 1 aromatic carbocycles. The Morgan fingerprint density at radius 3 is 0.844 bits per heavy atom. The van der Waals surface area contributed by atoms with Gasteiger partial charge < -0.3 is 16.9 Å². The molecule has 0 saturated carbocycles. The van der Waals surface area contributed by atoms with Crippen LogP contribution in [-0.4, -0.2) is 24.1 Å². The summed E-state index contributed by atoms with van der Waals surface area (Å²) in [6.45, 7) is 12.4. The van der Waals surface area contributed by atoms with Crippen LogP contribution in [0.4, 0.5) is 0 Å². The fourth-order valence-corrected chi connectivity index (χ4v) is 7.35. The molecule has 0 bridgehead atoms. The standard InChI is InChI=1S/C43H82N.ClH/c1-4-7-10-13-16-19-20-21-22-23-24-27-30-36-41-44(42-43-37-32-31-33-38-43,39-34-28-25-17-14-11-8-5-2)40-35-29-26-18-15-12-9-6-3;/h31-33,37-38H,4-30,34-36,39-42H2,1-3H3;1H/q+1;/p-1. The van der Waals surface area contributed by atoms with Gasteiger partial charge in [0.2, 0.25) is 0 Å². The highest BCUT2D eigenvalue weighted by molar-refractivity contribution is 5.13. The molecule has 45 heavy (non-hydrogen) atoms. The second kappa shape index (κ2) is 34.8. The van der Waals surface area contributed by atoms with Crippen molar-refractivity contribution in [3.8, 4) is 0 Å². The van der Waals surface area contributed by atoms with Crippen LogP contribution < -0.4 is 12.4 Å². The van der Waals surface area contributed by atoms with Crippen LogP contribution in [0, 0.1) is 0 Å². The highest BCUT2D eigenvalue weighted by Crippen LogP contribution is 2.23. The Kier molecular flexibility index (Phi) is 34.4. The SMILES string of the molecule is CCCCCCCCCCCCCCCC[N+](CCCCCCCCCC)(CCCCCCCCCC)Cc1ccccc1.[Cl-]. The van der Waals surface area contributed by atoms with E-state index in [0.717, 1.165) is 0 Å². The quantitative estimate of drug-likeness (QED) is 0.0508. The fourth-order valence-electron chi connectivity index (χ4n) is 7.35. The minimum Gasteiger partial charge on any atom is -1.00 e. The molecule has 0 aliphatic heterocycles. The predicted molar refractivity (Wildman–Crippen MR) is 201 cm³/mol. The Morgan fingerprint density at radius 1 is 0.333 bits per heavy atom. The van der Waals surface area contributed by atoms with Crippen LogP contribution in [0.2, 0.25) is 0 Å². The zero-order chi connectivity index (χ0) is 31.7. The molecular formula is C43H82ClN. The van der Waals surface area contributed by atoms with Crippen LogP contribution in [0.3, 0.4) is 0 Å². The first-order valence-corrected chi connectivity index (χ1v) is 20.7. The molecule has 0 heterocycles. The highest BCUT2D eigenvalue weighted by atomic mass is 35.5. The smallest absolute Gasteiger partial charge is 0.104 e. The van der Waals surface area contributed by atoms with Crippen LogP contribution >= 0.6 is 0 Å². The third-order valence-electron chi connectivity index (χ3n) is 10.3. The molecule has 0 unspecified atom stereocenters. The topological polar surface area (TPSA) is 0 Å². The van der Waals surface area contributed by atoms with E-state index in [2.05, 4.69) is 51.1 Å². The van der Waals surface area contributed by atoms with Crippen molar-refractivity contribution in [2.24, 2.45) is 0 Å². The van der Waals surface area contributed by atoms with Gasteiger partial charge in [0.05, 0.1) is 19.6 Å². The van der Waals surface area contributed by atoms with Gasteiger partial charge in [0, 0.05) is 5.56 Å². The molecule has 0 radical (unpaired) electrons. The third-order valence-corrected chi connectivity index (χ3v) is 10.3. The maximum atomic E-state index is 2.40. The van der Waals surface area contributed by atoms with Crippen molar-refractivity contribution in [3.05, 3.63) is 35.9 Å². The van der Waals surface area contributed by atoms with Crippen molar-refractivity contribution in [2.45, 2.75) is 220 Å². The highest BCUT2D eigenvalue weighted by Gasteiger charge is 2.26. The number of halogens is 1. The van der Waals surface area contributed by atoms with E-state index < -0.39 is 0 Å². The lowest BCUT2D eigenvalue weighted by Crippen LogP contribution is -3.00. The summed E-state index contributed by atoms with van der Waals surface area (Å²) in [4.78, 5) is 0. The van der Waals surface area contributed by atoms with Gasteiger partial charge in [0.1, 0.15) is 6.54 Å². The zero-order valence-corrected chi connectivity index (χ0v) is 32.0. The summed E-state index contributed by atoms with van der Waals surface area (Å²) in [5, 5.41) is 0. The summed E-state index contributed by atoms with van der Waals surface area (Å²) >= 11 is 0. The molecule has 1 aromatic rings. The van der Waals surface area contributed by atoms with Crippen molar-refractivity contribution in [3.63, 3.8) is 0 Å². The number of unbranched alkanes of at least 4 members (excludes halogenated alkanes) is 27. The van der Waals surface area contributed by atoms with E-state index in [-0.39, 0.29) is 12.4 Å². The number of nitrogens with zero attached hydrogens (tertiary/aromatic N) is 1. The van der Waals surface area contributed by atoms with Gasteiger partial charge in [-0.1, -0.05) is 205 Å². The summed E-state index contributed by atoms with van der Waals surface area (Å²) in [5.74, 6) is 0. The molecule has 0 fully saturated rings. The first-order valence-electron chi connectivity index (χ1n) is 20.7. The largest absolute Gasteiger partial charge is 1.00 e. The first kappa shape index (κ1) is 44.5. The molecule has 266 valence electrons. The molecule has 2 heteroatoms. The second-order valence-corrected chi connectivity index (χ2v) is 14.7. The number of quaternary nitrogens is 1. The maximum Gasteiger partial charge on any atom is 0.104 e. The van der Waals surface area contributed by atoms with Gasteiger partial charge in [-0.25, -0.2) is 0 Å². The molecule has 0 N–H and O–H groups in total. The second-order valence-electron chi connectivity index (χ2n) is 14.7. The van der Waals surface area contributed by atoms with E-state index in [1.165, 1.54) is 223 Å². The van der Waals surface area contributed by atoms with Gasteiger partial charge in [-0.2, -0.15) is 0 Å². The summed E-state index contributed by atoms with van der Waals surface area (Å²) in [7, 11) is 0. The lowest BCUT2D eigenvalue weighted by atomic mass is 10.0. The summed E-state index contributed by atoms with van der Waals surface area (Å²) in [6, 6.07) is 11.5. The number of hydrogen-bond donors (Lipinski definition) is 0. The Morgan fingerprint density at radius 2 is 0.578 bits per heavy atom. The molecule has 0 aromatic heterocycles. The van der Waals surface area contributed by atoms with E-state index >= 15 is 0 Å². The maximum absolute atomic E-state index is 2.40. The number of hydrogen-bond acceptors (Lipinski definition) is 0. The number of rotatable bonds is 35. The van der Waals surface area contributed by atoms with Crippen molar-refractivity contribution in [1.29, 1.82) is 0 Å². The lowest BCUT2D eigenvalue weighted by molar-refractivity contribution is -0.941. The summed E-state index contributed by atoms with van der Waals surface area (Å²) < 4.78 is 1.36. The van der Waals surface area contributed by atoms with E-state index in [4.69, 9.17) is 0 Å². The van der Waals surface area contributed by atoms with Crippen molar-refractivity contribution in [2.75, 3.05) is 19.6 Å². The summed E-state index contributed by atoms with van der Waals surface area (Å²) in [6.07, 6.45) is 43.3. The predicted octanol–water partition coefficient (Wildman–Crippen LogP) is 11.8. The van der Waals surface area contributed by atoms with E-state index in [1.54, 1.807) is 5.56 Å². The zero-order valence-electron chi connectivity index (χ0n) is 31.3. The van der Waals surface area contributed by atoms with Crippen LogP contribution in [0.1, 0.15) is 219 Å². The minimum atomic E-state index is 0. The molecule has 0 spiro atoms. The monoisotopic (exact) mass is 648 g/mol. The average Bonchev–Trinajstić information content (AvgIpc) is 3.04. The number of benzene rings is 1. The van der Waals surface area contributed by atoms with E-state index in [0.29, 0.717) is 0 Å². The van der Waals surface area contributed by atoms with Crippen LogP contribution in [0.25, 0.3) is 0 Å². The van der Waals surface area contributed by atoms with Gasteiger partial charge in [0.15, 0.2) is 0 Å². The first-order chi connectivity index (χ1) is 21.8. The normalized spacial score (nSPS) is 11.6. The van der Waals surface area contributed by atoms with Gasteiger partial charge >= 0.3 is 0 Å². The van der Waals surface area contributed by atoms with Crippen LogP contribution in [0.5, 0.6) is 0 Å². The average molecular weight is 649 g/mol. The van der Waals surface area contributed by atoms with Gasteiger partial charge in [-0.05, 0) is 38.5 Å². The molecule has 0 aliphatic carbocycles. The van der Waals surface area contributed by atoms with Gasteiger partial charge in [-0.3, -0.25) is 0 Å². The molecule has 0 aliphatic rings.